The predicted molar refractivity (Wildman–Crippen MR) is 75.6 cm³/mol. The highest BCUT2D eigenvalue weighted by atomic mass is 35.5. The van der Waals surface area contributed by atoms with E-state index < -0.39 is 5.82 Å². The Kier molecular flexibility index (Phi) is 3.85. The second-order valence-electron chi connectivity index (χ2n) is 4.79. The van der Waals surface area contributed by atoms with Crippen LogP contribution in [0.1, 0.15) is 18.4 Å². The maximum Gasteiger partial charge on any atom is 0.184 e. The predicted octanol–water partition coefficient (Wildman–Crippen LogP) is 3.92. The van der Waals surface area contributed by atoms with Crippen molar-refractivity contribution in [3.8, 4) is 11.5 Å². The summed E-state index contributed by atoms with van der Waals surface area (Å²) in [6, 6.07) is 7.15. The van der Waals surface area contributed by atoms with E-state index in [4.69, 9.17) is 16.3 Å². The third-order valence-electron chi connectivity index (χ3n) is 3.16. The number of nitrogens with zero attached hydrogens (tertiary/aromatic N) is 1. The molecule has 3 nitrogen and oxygen atoms in total. The molecule has 0 spiro atoms. The van der Waals surface area contributed by atoms with Gasteiger partial charge in [-0.05, 0) is 31.0 Å². The molecule has 0 bridgehead atoms. The topological polar surface area (TPSA) is 34.1 Å². The lowest BCUT2D eigenvalue weighted by Crippen LogP contribution is -2.15. The Bertz CT molecular complexity index is 617. The molecule has 5 heteroatoms. The average Bonchev–Trinajstić information content (AvgIpc) is 3.27. The van der Waals surface area contributed by atoms with Crippen LogP contribution >= 0.6 is 11.6 Å². The highest BCUT2D eigenvalue weighted by Crippen LogP contribution is 2.30. The van der Waals surface area contributed by atoms with Crippen LogP contribution < -0.4 is 10.1 Å². The first-order valence-electron chi connectivity index (χ1n) is 6.52. The fraction of sp³-hybridized carbons (Fsp3) is 0.267. The SMILES string of the molecule is Fc1c(Cl)cccc1Oc1cnccc1CNC1CC1. The number of ether oxygens (including phenoxy) is 1. The molecule has 1 saturated carbocycles. The van der Waals surface area contributed by atoms with Crippen LogP contribution in [0.4, 0.5) is 4.39 Å². The lowest BCUT2D eigenvalue weighted by Gasteiger charge is -2.12. The summed E-state index contributed by atoms with van der Waals surface area (Å²) in [6.07, 6.45) is 5.71. The third-order valence-corrected chi connectivity index (χ3v) is 3.46. The molecule has 1 N–H and O–H groups in total. The minimum absolute atomic E-state index is 0.0454. The van der Waals surface area contributed by atoms with Gasteiger partial charge in [0.15, 0.2) is 11.6 Å². The molecule has 0 saturated heterocycles. The minimum atomic E-state index is -0.556. The van der Waals surface area contributed by atoms with Gasteiger partial charge in [0.2, 0.25) is 0 Å². The Morgan fingerprint density at radius 3 is 2.95 bits per heavy atom. The largest absolute Gasteiger partial charge is 0.452 e. The van der Waals surface area contributed by atoms with Crippen molar-refractivity contribution >= 4 is 11.6 Å². The van der Waals surface area contributed by atoms with Crippen molar-refractivity contribution in [1.82, 2.24) is 10.3 Å². The van der Waals surface area contributed by atoms with Crippen molar-refractivity contribution < 1.29 is 9.13 Å². The molecule has 1 aromatic carbocycles. The van der Waals surface area contributed by atoms with Gasteiger partial charge in [-0.15, -0.1) is 0 Å². The summed E-state index contributed by atoms with van der Waals surface area (Å²) in [4.78, 5) is 4.03. The first kappa shape index (κ1) is 13.3. The Balaban J connectivity index is 1.80. The number of halogens is 2. The third kappa shape index (κ3) is 3.08. The van der Waals surface area contributed by atoms with Crippen LogP contribution in [0.2, 0.25) is 5.02 Å². The van der Waals surface area contributed by atoms with Gasteiger partial charge in [-0.3, -0.25) is 4.98 Å². The normalized spacial score (nSPS) is 14.3. The van der Waals surface area contributed by atoms with Crippen molar-refractivity contribution in [2.24, 2.45) is 0 Å². The monoisotopic (exact) mass is 292 g/mol. The van der Waals surface area contributed by atoms with Crippen LogP contribution in [0.15, 0.2) is 36.7 Å². The Morgan fingerprint density at radius 2 is 2.15 bits per heavy atom. The van der Waals surface area contributed by atoms with Gasteiger partial charge in [0.05, 0.1) is 11.2 Å². The number of aromatic nitrogens is 1. The van der Waals surface area contributed by atoms with E-state index in [1.54, 1.807) is 24.5 Å². The van der Waals surface area contributed by atoms with Gasteiger partial charge >= 0.3 is 0 Å². The molecular formula is C15H14ClFN2O. The number of benzene rings is 1. The molecule has 104 valence electrons. The minimum Gasteiger partial charge on any atom is -0.452 e. The van der Waals surface area contributed by atoms with Gasteiger partial charge in [0.25, 0.3) is 0 Å². The summed E-state index contributed by atoms with van der Waals surface area (Å²) < 4.78 is 19.5. The molecule has 0 unspecified atom stereocenters. The molecule has 0 radical (unpaired) electrons. The second-order valence-corrected chi connectivity index (χ2v) is 5.20. The smallest absolute Gasteiger partial charge is 0.184 e. The van der Waals surface area contributed by atoms with E-state index in [0.717, 1.165) is 5.56 Å². The Morgan fingerprint density at radius 1 is 1.30 bits per heavy atom. The standard InChI is InChI=1S/C15H14ClFN2O/c16-12-2-1-3-13(15(12)17)20-14-9-18-7-6-10(14)8-19-11-4-5-11/h1-3,6-7,9,11,19H,4-5,8H2. The van der Waals surface area contributed by atoms with Gasteiger partial charge in [-0.25, -0.2) is 4.39 Å². The fourth-order valence-corrected chi connectivity index (χ4v) is 2.04. The molecule has 1 aliphatic carbocycles. The second kappa shape index (κ2) is 5.77. The zero-order valence-corrected chi connectivity index (χ0v) is 11.5. The molecular weight excluding hydrogens is 279 g/mol. The van der Waals surface area contributed by atoms with E-state index >= 15 is 0 Å². The van der Waals surface area contributed by atoms with Crippen LogP contribution in [-0.4, -0.2) is 11.0 Å². The van der Waals surface area contributed by atoms with E-state index in [0.29, 0.717) is 18.3 Å². The highest BCUT2D eigenvalue weighted by Gasteiger charge is 2.21. The van der Waals surface area contributed by atoms with E-state index in [-0.39, 0.29) is 10.8 Å². The van der Waals surface area contributed by atoms with E-state index in [1.165, 1.54) is 18.9 Å². The average molecular weight is 293 g/mol. The molecule has 0 atom stereocenters. The van der Waals surface area contributed by atoms with E-state index in [9.17, 15) is 4.39 Å². The summed E-state index contributed by atoms with van der Waals surface area (Å²) in [6.45, 7) is 0.685. The Hall–Kier alpha value is -1.65. The van der Waals surface area contributed by atoms with Crippen molar-refractivity contribution in [2.45, 2.75) is 25.4 Å². The van der Waals surface area contributed by atoms with Gasteiger partial charge in [0.1, 0.15) is 5.75 Å². The maximum absolute atomic E-state index is 13.9. The summed E-state index contributed by atoms with van der Waals surface area (Å²) in [5.41, 5.74) is 0.950. The van der Waals surface area contributed by atoms with Crippen molar-refractivity contribution in [3.63, 3.8) is 0 Å². The molecule has 1 aliphatic rings. The maximum atomic E-state index is 13.9. The summed E-state index contributed by atoms with van der Waals surface area (Å²) in [7, 11) is 0. The molecule has 0 amide bonds. The lowest BCUT2D eigenvalue weighted by atomic mass is 10.2. The van der Waals surface area contributed by atoms with Crippen molar-refractivity contribution in [3.05, 3.63) is 53.1 Å². The molecule has 0 aliphatic heterocycles. The molecule has 20 heavy (non-hydrogen) atoms. The number of rotatable bonds is 5. The quantitative estimate of drug-likeness (QED) is 0.907. The molecule has 1 fully saturated rings. The summed E-state index contributed by atoms with van der Waals surface area (Å²) in [5.74, 6) is 0.0964. The van der Waals surface area contributed by atoms with Gasteiger partial charge in [-0.1, -0.05) is 17.7 Å². The highest BCUT2D eigenvalue weighted by molar-refractivity contribution is 6.30. The number of hydrogen-bond donors (Lipinski definition) is 1. The summed E-state index contributed by atoms with van der Waals surface area (Å²) >= 11 is 5.75. The van der Waals surface area contributed by atoms with Crippen LogP contribution in [0.5, 0.6) is 11.5 Å². The van der Waals surface area contributed by atoms with E-state index in [1.807, 2.05) is 6.07 Å². The Labute approximate surface area is 121 Å². The molecule has 1 heterocycles. The van der Waals surface area contributed by atoms with Crippen LogP contribution in [0.25, 0.3) is 0 Å². The zero-order chi connectivity index (χ0) is 13.9. The van der Waals surface area contributed by atoms with Crippen LogP contribution in [0, 0.1) is 5.82 Å². The van der Waals surface area contributed by atoms with Crippen LogP contribution in [-0.2, 0) is 6.54 Å². The van der Waals surface area contributed by atoms with Gasteiger partial charge < -0.3 is 10.1 Å². The first-order valence-corrected chi connectivity index (χ1v) is 6.90. The number of nitrogens with one attached hydrogen (secondary N) is 1. The van der Waals surface area contributed by atoms with Crippen molar-refractivity contribution in [1.29, 1.82) is 0 Å². The number of hydrogen-bond acceptors (Lipinski definition) is 3. The lowest BCUT2D eigenvalue weighted by molar-refractivity contribution is 0.434. The summed E-state index contributed by atoms with van der Waals surface area (Å²) in [5, 5.41) is 3.44. The van der Waals surface area contributed by atoms with Gasteiger partial charge in [0, 0.05) is 24.3 Å². The van der Waals surface area contributed by atoms with E-state index in [2.05, 4.69) is 10.3 Å². The van der Waals surface area contributed by atoms with Gasteiger partial charge in [-0.2, -0.15) is 0 Å². The molecule has 2 aromatic rings. The molecule has 1 aromatic heterocycles. The van der Waals surface area contributed by atoms with Crippen LogP contribution in [0.3, 0.4) is 0 Å². The molecule has 3 rings (SSSR count). The zero-order valence-electron chi connectivity index (χ0n) is 10.8. The first-order chi connectivity index (χ1) is 9.74. The van der Waals surface area contributed by atoms with Crippen molar-refractivity contribution in [2.75, 3.05) is 0 Å². The number of pyridine rings is 1. The fourth-order valence-electron chi connectivity index (χ4n) is 1.87.